The topological polar surface area (TPSA) is 55.6 Å². The zero-order valence-corrected chi connectivity index (χ0v) is 9.76. The van der Waals surface area contributed by atoms with E-state index in [9.17, 15) is 4.39 Å². The Labute approximate surface area is 98.7 Å². The molecule has 0 saturated carbocycles. The van der Waals surface area contributed by atoms with Gasteiger partial charge >= 0.3 is 0 Å². The van der Waals surface area contributed by atoms with Gasteiger partial charge in [-0.1, -0.05) is 5.21 Å². The number of halogens is 1. The molecule has 0 amide bonds. The second-order valence-corrected chi connectivity index (χ2v) is 3.59. The fourth-order valence-electron chi connectivity index (χ4n) is 1.82. The van der Waals surface area contributed by atoms with E-state index in [0.717, 1.165) is 5.69 Å². The lowest BCUT2D eigenvalue weighted by molar-refractivity contribution is 0.525. The molecule has 0 fully saturated rings. The van der Waals surface area contributed by atoms with Crippen LogP contribution in [0, 0.1) is 5.82 Å². The highest BCUT2D eigenvalue weighted by molar-refractivity contribution is 5.25. The summed E-state index contributed by atoms with van der Waals surface area (Å²) < 4.78 is 15.4. The smallest absolute Gasteiger partial charge is 0.146 e. The fraction of sp³-hybridized carbons (Fsp3) is 0.364. The van der Waals surface area contributed by atoms with E-state index in [0.29, 0.717) is 12.1 Å². The summed E-state index contributed by atoms with van der Waals surface area (Å²) >= 11 is 0. The first-order valence-corrected chi connectivity index (χ1v) is 5.43. The second kappa shape index (κ2) is 5.01. The van der Waals surface area contributed by atoms with Crippen molar-refractivity contribution < 1.29 is 4.39 Å². The van der Waals surface area contributed by atoms with E-state index in [1.165, 1.54) is 6.20 Å². The zero-order chi connectivity index (χ0) is 12.3. The standard InChI is InChI=1S/C11H14FN5/c1-3-17-10(7-15-16-17)11(13-2)8-4-5-14-6-9(8)12/h4-7,11,13H,3H2,1-2H3. The molecule has 2 rings (SSSR count). The van der Waals surface area contributed by atoms with Crippen molar-refractivity contribution >= 4 is 0 Å². The lowest BCUT2D eigenvalue weighted by Crippen LogP contribution is -2.22. The summed E-state index contributed by atoms with van der Waals surface area (Å²) in [7, 11) is 1.78. The van der Waals surface area contributed by atoms with Crippen LogP contribution in [0.4, 0.5) is 4.39 Å². The van der Waals surface area contributed by atoms with E-state index in [-0.39, 0.29) is 11.9 Å². The van der Waals surface area contributed by atoms with Gasteiger partial charge in [-0.05, 0) is 20.0 Å². The first-order chi connectivity index (χ1) is 8.27. The first kappa shape index (κ1) is 11.7. The highest BCUT2D eigenvalue weighted by atomic mass is 19.1. The predicted octanol–water partition coefficient (Wildman–Crippen LogP) is 1.14. The van der Waals surface area contributed by atoms with Crippen LogP contribution in [0.3, 0.4) is 0 Å². The van der Waals surface area contributed by atoms with E-state index in [1.807, 2.05) is 6.92 Å². The van der Waals surface area contributed by atoms with Gasteiger partial charge in [-0.25, -0.2) is 9.07 Å². The summed E-state index contributed by atoms with van der Waals surface area (Å²) in [5.41, 5.74) is 1.37. The van der Waals surface area contributed by atoms with Crippen molar-refractivity contribution in [1.82, 2.24) is 25.3 Å². The molecule has 0 bridgehead atoms. The molecule has 0 aliphatic heterocycles. The Morgan fingerprint density at radius 3 is 2.94 bits per heavy atom. The summed E-state index contributed by atoms with van der Waals surface area (Å²) in [6.07, 6.45) is 4.42. The van der Waals surface area contributed by atoms with Crippen LogP contribution in [0.2, 0.25) is 0 Å². The van der Waals surface area contributed by atoms with Gasteiger partial charge in [-0.15, -0.1) is 5.10 Å². The van der Waals surface area contributed by atoms with Crippen molar-refractivity contribution in [3.05, 3.63) is 41.7 Å². The van der Waals surface area contributed by atoms with Gasteiger partial charge in [0.2, 0.25) is 0 Å². The van der Waals surface area contributed by atoms with Crippen molar-refractivity contribution in [2.75, 3.05) is 7.05 Å². The Bertz CT molecular complexity index is 496. The van der Waals surface area contributed by atoms with Crippen molar-refractivity contribution in [3.8, 4) is 0 Å². The van der Waals surface area contributed by atoms with E-state index < -0.39 is 0 Å². The van der Waals surface area contributed by atoms with Crippen LogP contribution in [0.15, 0.2) is 24.7 Å². The van der Waals surface area contributed by atoms with E-state index in [4.69, 9.17) is 0 Å². The minimum absolute atomic E-state index is 0.270. The third-order valence-corrected chi connectivity index (χ3v) is 2.65. The van der Waals surface area contributed by atoms with Gasteiger partial charge in [0.15, 0.2) is 0 Å². The Hall–Kier alpha value is -1.82. The number of hydrogen-bond acceptors (Lipinski definition) is 4. The maximum absolute atomic E-state index is 13.7. The van der Waals surface area contributed by atoms with Crippen molar-refractivity contribution in [3.63, 3.8) is 0 Å². The van der Waals surface area contributed by atoms with Crippen LogP contribution in [0.1, 0.15) is 24.2 Å². The number of pyridine rings is 1. The van der Waals surface area contributed by atoms with Gasteiger partial charge in [0.1, 0.15) is 5.82 Å². The summed E-state index contributed by atoms with van der Waals surface area (Å²) in [4.78, 5) is 3.74. The molecule has 90 valence electrons. The predicted molar refractivity (Wildman–Crippen MR) is 60.8 cm³/mol. The lowest BCUT2D eigenvalue weighted by Gasteiger charge is -2.17. The molecule has 6 heteroatoms. The second-order valence-electron chi connectivity index (χ2n) is 3.59. The van der Waals surface area contributed by atoms with E-state index in [1.54, 1.807) is 30.2 Å². The fourth-order valence-corrected chi connectivity index (χ4v) is 1.82. The molecule has 1 unspecified atom stereocenters. The monoisotopic (exact) mass is 235 g/mol. The number of hydrogen-bond donors (Lipinski definition) is 1. The molecule has 1 N–H and O–H groups in total. The molecule has 0 aliphatic rings. The van der Waals surface area contributed by atoms with Gasteiger partial charge in [0, 0.05) is 18.3 Å². The van der Waals surface area contributed by atoms with Crippen molar-refractivity contribution in [1.29, 1.82) is 0 Å². The van der Waals surface area contributed by atoms with Crippen LogP contribution in [0.25, 0.3) is 0 Å². The van der Waals surface area contributed by atoms with Gasteiger partial charge < -0.3 is 5.32 Å². The Balaban J connectivity index is 2.44. The molecule has 0 saturated heterocycles. The lowest BCUT2D eigenvalue weighted by atomic mass is 10.1. The van der Waals surface area contributed by atoms with Crippen molar-refractivity contribution in [2.24, 2.45) is 0 Å². The third kappa shape index (κ3) is 2.16. The van der Waals surface area contributed by atoms with E-state index in [2.05, 4.69) is 20.6 Å². The molecule has 0 spiro atoms. The zero-order valence-electron chi connectivity index (χ0n) is 9.76. The maximum atomic E-state index is 13.7. The third-order valence-electron chi connectivity index (χ3n) is 2.65. The van der Waals surface area contributed by atoms with Crippen LogP contribution in [-0.2, 0) is 6.54 Å². The van der Waals surface area contributed by atoms with Crippen LogP contribution in [0.5, 0.6) is 0 Å². The molecule has 1 atom stereocenters. The SMILES string of the molecule is CCn1nncc1C(NC)c1ccncc1F. The first-order valence-electron chi connectivity index (χ1n) is 5.43. The Kier molecular flexibility index (Phi) is 3.43. The molecular weight excluding hydrogens is 221 g/mol. The molecule has 2 heterocycles. The molecule has 0 radical (unpaired) electrons. The molecule has 17 heavy (non-hydrogen) atoms. The van der Waals surface area contributed by atoms with Gasteiger partial charge in [-0.2, -0.15) is 0 Å². The minimum Gasteiger partial charge on any atom is -0.308 e. The molecule has 0 aliphatic carbocycles. The highest BCUT2D eigenvalue weighted by Gasteiger charge is 2.19. The number of rotatable bonds is 4. The minimum atomic E-state index is -0.337. The van der Waals surface area contributed by atoms with Gasteiger partial charge in [0.25, 0.3) is 0 Å². The highest BCUT2D eigenvalue weighted by Crippen LogP contribution is 2.22. The average molecular weight is 235 g/mol. The average Bonchev–Trinajstić information content (AvgIpc) is 2.81. The van der Waals surface area contributed by atoms with E-state index >= 15 is 0 Å². The summed E-state index contributed by atoms with van der Waals surface area (Å²) in [5, 5.41) is 10.9. The van der Waals surface area contributed by atoms with Crippen molar-refractivity contribution in [2.45, 2.75) is 19.5 Å². The summed E-state index contributed by atoms with van der Waals surface area (Å²) in [6, 6.07) is 1.39. The molecule has 5 nitrogen and oxygen atoms in total. The maximum Gasteiger partial charge on any atom is 0.146 e. The Morgan fingerprint density at radius 2 is 2.29 bits per heavy atom. The number of aromatic nitrogens is 4. The molecule has 0 aromatic carbocycles. The summed E-state index contributed by atoms with van der Waals surface area (Å²) in [6.45, 7) is 2.66. The van der Waals surface area contributed by atoms with Crippen LogP contribution in [-0.4, -0.2) is 27.0 Å². The summed E-state index contributed by atoms with van der Waals surface area (Å²) in [5.74, 6) is -0.337. The van der Waals surface area contributed by atoms with Crippen LogP contribution < -0.4 is 5.32 Å². The largest absolute Gasteiger partial charge is 0.308 e. The number of nitrogens with zero attached hydrogens (tertiary/aromatic N) is 4. The Morgan fingerprint density at radius 1 is 1.47 bits per heavy atom. The van der Waals surface area contributed by atoms with Crippen LogP contribution >= 0.6 is 0 Å². The van der Waals surface area contributed by atoms with Gasteiger partial charge in [0.05, 0.1) is 24.1 Å². The quantitative estimate of drug-likeness (QED) is 0.863. The number of nitrogens with one attached hydrogen (secondary N) is 1. The molecular formula is C11H14FN5. The molecule has 2 aromatic rings. The van der Waals surface area contributed by atoms with Gasteiger partial charge in [-0.3, -0.25) is 4.98 Å². The molecule has 2 aromatic heterocycles. The normalized spacial score (nSPS) is 12.6. The number of aryl methyl sites for hydroxylation is 1.